The Bertz CT molecular complexity index is 537. The van der Waals surface area contributed by atoms with E-state index in [0.717, 1.165) is 5.69 Å². The summed E-state index contributed by atoms with van der Waals surface area (Å²) in [5.74, 6) is -0.404. The molecule has 2 rings (SSSR count). The molecule has 0 atom stereocenters. The average molecular weight is 263 g/mol. The molecule has 1 aromatic heterocycles. The highest BCUT2D eigenvalue weighted by Crippen LogP contribution is 2.21. The number of carbonyl (C=O) groups is 1. The third-order valence-corrected chi connectivity index (χ3v) is 2.91. The van der Waals surface area contributed by atoms with Crippen molar-refractivity contribution in [3.05, 3.63) is 35.3 Å². The minimum atomic E-state index is -0.404. The van der Waals surface area contributed by atoms with Crippen LogP contribution in [-0.4, -0.2) is 17.6 Å². The van der Waals surface area contributed by atoms with Crippen LogP contribution in [0.3, 0.4) is 0 Å². The molecule has 0 saturated carbocycles. The number of thiazole rings is 1. The van der Waals surface area contributed by atoms with E-state index in [9.17, 15) is 4.79 Å². The Kier molecular flexibility index (Phi) is 3.78. The molecular formula is C12H13N3O2S. The highest BCUT2D eigenvalue weighted by atomic mass is 32.1. The number of benzene rings is 1. The van der Waals surface area contributed by atoms with E-state index in [1.165, 1.54) is 11.3 Å². The van der Waals surface area contributed by atoms with Crippen molar-refractivity contribution >= 4 is 33.8 Å². The third kappa shape index (κ3) is 2.98. The molecule has 5 nitrogen and oxygen atoms in total. The van der Waals surface area contributed by atoms with Crippen molar-refractivity contribution in [2.24, 2.45) is 0 Å². The van der Waals surface area contributed by atoms with Crippen molar-refractivity contribution in [3.8, 4) is 0 Å². The fraction of sp³-hybridized carbons (Fsp3) is 0.167. The largest absolute Gasteiger partial charge is 0.461 e. The fourth-order valence-corrected chi connectivity index (χ4v) is 2.02. The third-order valence-electron chi connectivity index (χ3n) is 2.15. The molecule has 1 aromatic carbocycles. The molecule has 2 aromatic rings. The molecule has 0 fully saturated rings. The molecule has 94 valence electrons. The molecule has 0 aliphatic carbocycles. The summed E-state index contributed by atoms with van der Waals surface area (Å²) in [5, 5.41) is 5.40. The van der Waals surface area contributed by atoms with Gasteiger partial charge in [-0.05, 0) is 31.2 Å². The lowest BCUT2D eigenvalue weighted by Crippen LogP contribution is -2.04. The van der Waals surface area contributed by atoms with Gasteiger partial charge in [0.25, 0.3) is 0 Å². The van der Waals surface area contributed by atoms with Crippen LogP contribution < -0.4 is 11.1 Å². The van der Waals surface area contributed by atoms with E-state index in [0.29, 0.717) is 23.1 Å². The molecule has 0 radical (unpaired) electrons. The Morgan fingerprint density at radius 2 is 2.17 bits per heavy atom. The van der Waals surface area contributed by atoms with Crippen LogP contribution in [0, 0.1) is 0 Å². The van der Waals surface area contributed by atoms with Crippen LogP contribution in [0.2, 0.25) is 0 Å². The van der Waals surface area contributed by atoms with E-state index in [2.05, 4.69) is 10.3 Å². The first-order valence-electron chi connectivity index (χ1n) is 5.44. The van der Waals surface area contributed by atoms with Crippen LogP contribution in [0.4, 0.5) is 16.5 Å². The first-order chi connectivity index (χ1) is 8.69. The van der Waals surface area contributed by atoms with Crippen LogP contribution in [-0.2, 0) is 4.74 Å². The Morgan fingerprint density at radius 3 is 2.83 bits per heavy atom. The van der Waals surface area contributed by atoms with E-state index in [1.807, 2.05) is 12.1 Å². The van der Waals surface area contributed by atoms with E-state index in [-0.39, 0.29) is 0 Å². The van der Waals surface area contributed by atoms with Gasteiger partial charge in [0.15, 0.2) is 10.8 Å². The molecular weight excluding hydrogens is 250 g/mol. The number of carbonyl (C=O) groups excluding carboxylic acids is 1. The first-order valence-corrected chi connectivity index (χ1v) is 6.32. The number of nitrogens with zero attached hydrogens (tertiary/aromatic N) is 1. The van der Waals surface area contributed by atoms with Gasteiger partial charge in [-0.25, -0.2) is 9.78 Å². The van der Waals surface area contributed by atoms with Crippen LogP contribution >= 0.6 is 11.3 Å². The molecule has 0 bridgehead atoms. The zero-order valence-corrected chi connectivity index (χ0v) is 10.7. The number of rotatable bonds is 4. The maximum Gasteiger partial charge on any atom is 0.357 e. The van der Waals surface area contributed by atoms with E-state index < -0.39 is 5.97 Å². The standard InChI is InChI=1S/C12H13N3O2S/c1-2-17-11(16)10-7-18-12(15-10)14-9-5-3-8(13)4-6-9/h3-7H,2,13H2,1H3,(H,14,15). The van der Waals surface area contributed by atoms with Crippen molar-refractivity contribution in [3.63, 3.8) is 0 Å². The summed E-state index contributed by atoms with van der Waals surface area (Å²) in [6.07, 6.45) is 0. The number of hydrogen-bond acceptors (Lipinski definition) is 6. The summed E-state index contributed by atoms with van der Waals surface area (Å²) in [6, 6.07) is 7.28. The Balaban J connectivity index is 2.06. The van der Waals surface area contributed by atoms with E-state index in [4.69, 9.17) is 10.5 Å². The Labute approximate surface area is 109 Å². The SMILES string of the molecule is CCOC(=O)c1csc(Nc2ccc(N)cc2)n1. The van der Waals surface area contributed by atoms with Gasteiger partial charge in [0.1, 0.15) is 0 Å². The van der Waals surface area contributed by atoms with Gasteiger partial charge in [0.05, 0.1) is 6.61 Å². The zero-order chi connectivity index (χ0) is 13.0. The van der Waals surface area contributed by atoms with Crippen LogP contribution in [0.1, 0.15) is 17.4 Å². The Morgan fingerprint density at radius 1 is 1.44 bits per heavy atom. The summed E-state index contributed by atoms with van der Waals surface area (Å²) in [7, 11) is 0. The number of nitrogens with two attached hydrogens (primary N) is 1. The molecule has 0 aliphatic heterocycles. The molecule has 0 unspecified atom stereocenters. The van der Waals surface area contributed by atoms with E-state index in [1.54, 1.807) is 24.4 Å². The number of aromatic nitrogens is 1. The number of hydrogen-bond donors (Lipinski definition) is 2. The number of nitrogens with one attached hydrogen (secondary N) is 1. The summed E-state index contributed by atoms with van der Waals surface area (Å²) >= 11 is 1.35. The number of nitrogen functional groups attached to an aromatic ring is 1. The van der Waals surface area contributed by atoms with Gasteiger partial charge in [0, 0.05) is 16.8 Å². The smallest absolute Gasteiger partial charge is 0.357 e. The summed E-state index contributed by atoms with van der Waals surface area (Å²) in [5.41, 5.74) is 7.48. The van der Waals surface area contributed by atoms with Crippen LogP contribution in [0.25, 0.3) is 0 Å². The molecule has 0 saturated heterocycles. The lowest BCUT2D eigenvalue weighted by atomic mass is 10.3. The van der Waals surface area contributed by atoms with Crippen molar-refractivity contribution in [1.82, 2.24) is 4.98 Å². The van der Waals surface area contributed by atoms with Crippen molar-refractivity contribution in [2.75, 3.05) is 17.7 Å². The first kappa shape index (κ1) is 12.4. The summed E-state index contributed by atoms with van der Waals surface area (Å²) < 4.78 is 4.87. The summed E-state index contributed by atoms with van der Waals surface area (Å²) in [4.78, 5) is 15.6. The lowest BCUT2D eigenvalue weighted by Gasteiger charge is -2.02. The second-order valence-electron chi connectivity index (χ2n) is 3.51. The molecule has 0 amide bonds. The van der Waals surface area contributed by atoms with Gasteiger partial charge in [-0.3, -0.25) is 0 Å². The molecule has 1 heterocycles. The molecule has 0 aliphatic rings. The van der Waals surface area contributed by atoms with Gasteiger partial charge in [0.2, 0.25) is 0 Å². The second-order valence-corrected chi connectivity index (χ2v) is 4.36. The predicted molar refractivity (Wildman–Crippen MR) is 72.2 cm³/mol. The monoisotopic (exact) mass is 263 g/mol. The van der Waals surface area contributed by atoms with Gasteiger partial charge >= 0.3 is 5.97 Å². The van der Waals surface area contributed by atoms with E-state index >= 15 is 0 Å². The topological polar surface area (TPSA) is 77.2 Å². The average Bonchev–Trinajstić information content (AvgIpc) is 2.81. The van der Waals surface area contributed by atoms with Crippen molar-refractivity contribution in [1.29, 1.82) is 0 Å². The zero-order valence-electron chi connectivity index (χ0n) is 9.84. The molecule has 0 spiro atoms. The maximum atomic E-state index is 11.4. The van der Waals surface area contributed by atoms with Gasteiger partial charge < -0.3 is 15.8 Å². The van der Waals surface area contributed by atoms with Gasteiger partial charge in [-0.15, -0.1) is 11.3 Å². The Hall–Kier alpha value is -2.08. The molecule has 3 N–H and O–H groups in total. The lowest BCUT2D eigenvalue weighted by molar-refractivity contribution is 0.0520. The maximum absolute atomic E-state index is 11.4. The number of esters is 1. The highest BCUT2D eigenvalue weighted by Gasteiger charge is 2.11. The van der Waals surface area contributed by atoms with Gasteiger partial charge in [-0.1, -0.05) is 0 Å². The van der Waals surface area contributed by atoms with Crippen molar-refractivity contribution in [2.45, 2.75) is 6.92 Å². The minimum Gasteiger partial charge on any atom is -0.461 e. The van der Waals surface area contributed by atoms with Crippen LogP contribution in [0.15, 0.2) is 29.6 Å². The fourth-order valence-electron chi connectivity index (χ4n) is 1.32. The second kappa shape index (κ2) is 5.50. The predicted octanol–water partition coefficient (Wildman–Crippen LogP) is 2.65. The highest BCUT2D eigenvalue weighted by molar-refractivity contribution is 7.14. The van der Waals surface area contributed by atoms with Crippen LogP contribution in [0.5, 0.6) is 0 Å². The minimum absolute atomic E-state index is 0.319. The normalized spacial score (nSPS) is 10.1. The van der Waals surface area contributed by atoms with Crippen molar-refractivity contribution < 1.29 is 9.53 Å². The molecule has 18 heavy (non-hydrogen) atoms. The number of ether oxygens (including phenoxy) is 1. The number of anilines is 3. The summed E-state index contributed by atoms with van der Waals surface area (Å²) in [6.45, 7) is 2.11. The molecule has 6 heteroatoms. The van der Waals surface area contributed by atoms with Gasteiger partial charge in [-0.2, -0.15) is 0 Å². The quantitative estimate of drug-likeness (QED) is 0.655.